The molecule has 1 heterocycles. The Hall–Kier alpha value is -4.20. The molecule has 176 valence electrons. The Bertz CT molecular complexity index is 1240. The zero-order valence-corrected chi connectivity index (χ0v) is 19.3. The van der Waals surface area contributed by atoms with Gasteiger partial charge in [-0.25, -0.2) is 4.79 Å². The number of benzene rings is 2. The molecule has 34 heavy (non-hydrogen) atoms. The Morgan fingerprint density at radius 3 is 2.21 bits per heavy atom. The average Bonchev–Trinajstić information content (AvgIpc) is 2.83. The Balaban J connectivity index is 2.14. The molecule has 1 aromatic heterocycles. The van der Waals surface area contributed by atoms with Crippen LogP contribution in [0.3, 0.4) is 0 Å². The molecule has 0 saturated heterocycles. The van der Waals surface area contributed by atoms with Crippen LogP contribution >= 0.6 is 0 Å². The van der Waals surface area contributed by atoms with Crippen molar-refractivity contribution in [3.05, 3.63) is 99.5 Å². The van der Waals surface area contributed by atoms with Gasteiger partial charge < -0.3 is 15.4 Å². The minimum atomic E-state index is -1.14. The number of rotatable bonds is 8. The van der Waals surface area contributed by atoms with E-state index in [-0.39, 0.29) is 30.1 Å². The molecule has 2 aromatic carbocycles. The van der Waals surface area contributed by atoms with Crippen LogP contribution in [0.15, 0.2) is 71.5 Å². The van der Waals surface area contributed by atoms with Crippen molar-refractivity contribution in [1.82, 2.24) is 9.88 Å². The fourth-order valence-corrected chi connectivity index (χ4v) is 3.66. The summed E-state index contributed by atoms with van der Waals surface area (Å²) in [4.78, 5) is 51.3. The molecule has 3 rings (SSSR count). The lowest BCUT2D eigenvalue weighted by Gasteiger charge is -2.24. The van der Waals surface area contributed by atoms with Crippen molar-refractivity contribution in [2.75, 3.05) is 11.9 Å². The molecule has 0 aliphatic heterocycles. The molecule has 0 unspecified atom stereocenters. The molecule has 1 atom stereocenters. The maximum Gasteiger partial charge on any atom is 0.333 e. The molecule has 0 radical (unpaired) electrons. The van der Waals surface area contributed by atoms with Gasteiger partial charge in [0.1, 0.15) is 5.69 Å². The number of pyridine rings is 1. The normalized spacial score (nSPS) is 11.4. The van der Waals surface area contributed by atoms with Gasteiger partial charge >= 0.3 is 5.97 Å². The highest BCUT2D eigenvalue weighted by Crippen LogP contribution is 2.23. The second kappa shape index (κ2) is 11.1. The molecule has 8 heteroatoms. The Morgan fingerprint density at radius 2 is 1.62 bits per heavy atom. The first-order valence-corrected chi connectivity index (χ1v) is 10.9. The van der Waals surface area contributed by atoms with Gasteiger partial charge in [-0.05, 0) is 31.0 Å². The van der Waals surface area contributed by atoms with Gasteiger partial charge in [0.2, 0.25) is 5.91 Å². The summed E-state index contributed by atoms with van der Waals surface area (Å²) in [5, 5.41) is 5.32. The second-order valence-electron chi connectivity index (χ2n) is 7.65. The third-order valence-electron chi connectivity index (χ3n) is 5.22. The van der Waals surface area contributed by atoms with Gasteiger partial charge in [0.15, 0.2) is 6.04 Å². The number of carbonyl (C=O) groups is 3. The van der Waals surface area contributed by atoms with Crippen LogP contribution in [0.25, 0.3) is 0 Å². The van der Waals surface area contributed by atoms with E-state index in [0.717, 1.165) is 5.56 Å². The lowest BCUT2D eigenvalue weighted by molar-refractivity contribution is -0.145. The molecule has 2 amide bonds. The number of ether oxygens (including phenoxy) is 1. The fraction of sp³-hybridized carbons (Fsp3) is 0.231. The van der Waals surface area contributed by atoms with Gasteiger partial charge in [-0.3, -0.25) is 19.0 Å². The number of anilines is 1. The van der Waals surface area contributed by atoms with E-state index in [1.807, 2.05) is 30.3 Å². The third-order valence-corrected chi connectivity index (χ3v) is 5.22. The van der Waals surface area contributed by atoms with E-state index in [2.05, 4.69) is 10.6 Å². The van der Waals surface area contributed by atoms with Crippen molar-refractivity contribution in [3.8, 4) is 0 Å². The van der Waals surface area contributed by atoms with Crippen molar-refractivity contribution in [3.63, 3.8) is 0 Å². The largest absolute Gasteiger partial charge is 0.464 e. The average molecular weight is 462 g/mol. The van der Waals surface area contributed by atoms with Crippen molar-refractivity contribution >= 4 is 23.5 Å². The summed E-state index contributed by atoms with van der Waals surface area (Å²) < 4.78 is 6.47. The Morgan fingerprint density at radius 1 is 1.00 bits per heavy atom. The van der Waals surface area contributed by atoms with Crippen LogP contribution < -0.4 is 16.2 Å². The van der Waals surface area contributed by atoms with Crippen LogP contribution in [-0.4, -0.2) is 29.0 Å². The molecule has 0 fully saturated rings. The van der Waals surface area contributed by atoms with Crippen LogP contribution in [0.4, 0.5) is 5.69 Å². The zero-order chi connectivity index (χ0) is 24.7. The van der Waals surface area contributed by atoms with Crippen molar-refractivity contribution in [1.29, 1.82) is 0 Å². The van der Waals surface area contributed by atoms with E-state index in [1.165, 1.54) is 17.6 Å². The number of esters is 1. The van der Waals surface area contributed by atoms with E-state index >= 15 is 0 Å². The number of carbonyl (C=O) groups excluding carboxylic acids is 3. The first-order valence-electron chi connectivity index (χ1n) is 10.9. The Kier molecular flexibility index (Phi) is 7.97. The number of hydrogen-bond donors (Lipinski definition) is 2. The maximum atomic E-state index is 13.4. The topological polar surface area (TPSA) is 106 Å². The molecule has 0 aliphatic carbocycles. The van der Waals surface area contributed by atoms with Gasteiger partial charge in [0.25, 0.3) is 11.5 Å². The summed E-state index contributed by atoms with van der Waals surface area (Å²) in [5.41, 5.74) is 1.12. The van der Waals surface area contributed by atoms with Crippen molar-refractivity contribution in [2.24, 2.45) is 0 Å². The quantitative estimate of drug-likeness (QED) is 0.501. The molecular formula is C26H27N3O5. The predicted octanol–water partition coefficient (Wildman–Crippen LogP) is 3.20. The summed E-state index contributed by atoms with van der Waals surface area (Å²) in [6, 6.07) is 18.2. The number of aromatic nitrogens is 1. The minimum Gasteiger partial charge on any atom is -0.464 e. The molecule has 3 aromatic rings. The SMILES string of the molecule is CCOC(=O)[C@@H](c1ccccc1)n1c(C)c(C(=O)NCc2ccccc2)cc(NC(C)=O)c1=O. The summed E-state index contributed by atoms with van der Waals surface area (Å²) in [7, 11) is 0. The van der Waals surface area contributed by atoms with E-state index in [0.29, 0.717) is 5.56 Å². The van der Waals surface area contributed by atoms with Gasteiger partial charge in [-0.1, -0.05) is 60.7 Å². The van der Waals surface area contributed by atoms with Gasteiger partial charge in [0.05, 0.1) is 12.2 Å². The molecule has 8 nitrogen and oxygen atoms in total. The summed E-state index contributed by atoms with van der Waals surface area (Å²) >= 11 is 0. The minimum absolute atomic E-state index is 0.104. The van der Waals surface area contributed by atoms with E-state index in [1.54, 1.807) is 44.2 Å². The smallest absolute Gasteiger partial charge is 0.333 e. The van der Waals surface area contributed by atoms with E-state index in [4.69, 9.17) is 4.74 Å². The molecule has 0 aliphatic rings. The molecular weight excluding hydrogens is 434 g/mol. The standard InChI is InChI=1S/C26H27N3O5/c1-4-34-26(33)23(20-13-9-6-10-14-20)29-17(2)21(15-22(25(29)32)28-18(3)30)24(31)27-16-19-11-7-5-8-12-19/h5-15,23H,4,16H2,1-3H3,(H,27,31)(H,28,30)/t23-/m1/s1. The molecule has 0 bridgehead atoms. The summed E-state index contributed by atoms with van der Waals surface area (Å²) in [6.07, 6.45) is 0. The maximum absolute atomic E-state index is 13.4. The number of hydrogen-bond acceptors (Lipinski definition) is 5. The highest BCUT2D eigenvalue weighted by Gasteiger charge is 2.29. The molecule has 0 spiro atoms. The highest BCUT2D eigenvalue weighted by atomic mass is 16.5. The first kappa shape index (κ1) is 24.4. The van der Waals surface area contributed by atoms with E-state index < -0.39 is 29.4 Å². The van der Waals surface area contributed by atoms with Crippen LogP contribution in [0.2, 0.25) is 0 Å². The van der Waals surface area contributed by atoms with Crippen LogP contribution in [0, 0.1) is 6.92 Å². The fourth-order valence-electron chi connectivity index (χ4n) is 3.66. The number of nitrogens with one attached hydrogen (secondary N) is 2. The summed E-state index contributed by atoms with van der Waals surface area (Å²) in [6.45, 7) is 4.91. The lowest BCUT2D eigenvalue weighted by Crippen LogP contribution is -2.37. The second-order valence-corrected chi connectivity index (χ2v) is 7.65. The monoisotopic (exact) mass is 461 g/mol. The van der Waals surface area contributed by atoms with Crippen LogP contribution in [0.5, 0.6) is 0 Å². The molecule has 2 N–H and O–H groups in total. The van der Waals surface area contributed by atoms with E-state index in [9.17, 15) is 19.2 Å². The van der Waals surface area contributed by atoms with Crippen LogP contribution in [0.1, 0.15) is 47.1 Å². The highest BCUT2D eigenvalue weighted by molar-refractivity contribution is 5.97. The van der Waals surface area contributed by atoms with Crippen molar-refractivity contribution < 1.29 is 19.1 Å². The van der Waals surface area contributed by atoms with Gasteiger partial charge in [0, 0.05) is 19.2 Å². The Labute approximate surface area is 197 Å². The number of amides is 2. The van der Waals surface area contributed by atoms with Crippen molar-refractivity contribution in [2.45, 2.75) is 33.4 Å². The van der Waals surface area contributed by atoms with Gasteiger partial charge in [-0.2, -0.15) is 0 Å². The van der Waals surface area contributed by atoms with Crippen LogP contribution in [-0.2, 0) is 20.9 Å². The molecule has 0 saturated carbocycles. The summed E-state index contributed by atoms with van der Waals surface area (Å²) in [5.74, 6) is -1.57. The predicted molar refractivity (Wildman–Crippen MR) is 129 cm³/mol. The first-order chi connectivity index (χ1) is 16.3. The van der Waals surface area contributed by atoms with Gasteiger partial charge in [-0.15, -0.1) is 0 Å². The third kappa shape index (κ3) is 5.58. The number of nitrogens with zero attached hydrogens (tertiary/aromatic N) is 1. The zero-order valence-electron chi connectivity index (χ0n) is 19.3. The lowest BCUT2D eigenvalue weighted by atomic mass is 10.0.